The summed E-state index contributed by atoms with van der Waals surface area (Å²) in [4.78, 5) is 10.3. The molecule has 0 aliphatic rings. The van der Waals surface area contributed by atoms with Gasteiger partial charge in [0.05, 0.1) is 5.69 Å². The smallest absolute Gasteiger partial charge is 0.298 e. The maximum absolute atomic E-state index is 10.3. The average Bonchev–Trinajstić information content (AvgIpc) is 2.20. The lowest BCUT2D eigenvalue weighted by Crippen LogP contribution is -1.95. The predicted octanol–water partition coefficient (Wildman–Crippen LogP) is 2.27. The number of hydrogen-bond acceptors (Lipinski definition) is 3. The topological polar surface area (TPSA) is 52.3 Å². The van der Waals surface area contributed by atoms with E-state index in [4.69, 9.17) is 10.5 Å². The first-order valence-electron chi connectivity index (χ1n) is 4.61. The number of carbonyl (C=O) groups excluding carboxylic acids is 1. The molecular formula is C12H11NO2. The molecule has 2 aromatic rings. The molecule has 3 heteroatoms. The Kier molecular flexibility index (Phi) is 2.29. The molecule has 2 N–H and O–H groups in total. The maximum atomic E-state index is 10.3. The van der Waals surface area contributed by atoms with E-state index in [-0.39, 0.29) is 0 Å². The first kappa shape index (κ1) is 9.52. The lowest BCUT2D eigenvalue weighted by Gasteiger charge is -2.06. The van der Waals surface area contributed by atoms with Crippen molar-refractivity contribution in [2.75, 3.05) is 5.73 Å². The monoisotopic (exact) mass is 201 g/mol. The molecule has 0 aromatic heterocycles. The fourth-order valence-electron chi connectivity index (χ4n) is 1.57. The standard InChI is InChI=1S/C12H11NO2/c1-8-2-3-9-5-11(13)12(15-7-14)6-10(9)4-8/h2-7H,13H2,1H3. The van der Waals surface area contributed by atoms with Crippen LogP contribution in [0.1, 0.15) is 5.56 Å². The van der Waals surface area contributed by atoms with Crippen molar-refractivity contribution in [2.24, 2.45) is 0 Å². The molecule has 0 bridgehead atoms. The second-order valence-electron chi connectivity index (χ2n) is 3.45. The number of nitrogens with two attached hydrogens (primary N) is 1. The van der Waals surface area contributed by atoms with Crippen LogP contribution in [0.25, 0.3) is 10.8 Å². The van der Waals surface area contributed by atoms with Gasteiger partial charge in [0.25, 0.3) is 6.47 Å². The van der Waals surface area contributed by atoms with Gasteiger partial charge in [-0.15, -0.1) is 0 Å². The quantitative estimate of drug-likeness (QED) is 0.599. The second kappa shape index (κ2) is 3.61. The van der Waals surface area contributed by atoms with Crippen LogP contribution in [0.2, 0.25) is 0 Å². The summed E-state index contributed by atoms with van der Waals surface area (Å²) in [6.45, 7) is 2.39. The van der Waals surface area contributed by atoms with Crippen LogP contribution in [-0.4, -0.2) is 6.47 Å². The van der Waals surface area contributed by atoms with Crippen molar-refractivity contribution in [1.82, 2.24) is 0 Å². The van der Waals surface area contributed by atoms with Gasteiger partial charge in [-0.1, -0.05) is 23.8 Å². The largest absolute Gasteiger partial charge is 0.427 e. The lowest BCUT2D eigenvalue weighted by molar-refractivity contribution is -0.120. The fraction of sp³-hybridized carbons (Fsp3) is 0.0833. The molecule has 2 aromatic carbocycles. The minimum absolute atomic E-state index is 0.382. The summed E-state index contributed by atoms with van der Waals surface area (Å²) in [6, 6.07) is 9.60. The van der Waals surface area contributed by atoms with Gasteiger partial charge in [0, 0.05) is 0 Å². The summed E-state index contributed by atoms with van der Waals surface area (Å²) in [5.74, 6) is 0.406. The van der Waals surface area contributed by atoms with E-state index in [1.165, 1.54) is 0 Å². The van der Waals surface area contributed by atoms with Gasteiger partial charge in [0.1, 0.15) is 0 Å². The van der Waals surface area contributed by atoms with Crippen LogP contribution in [0, 0.1) is 6.92 Å². The Morgan fingerprint density at radius 1 is 1.20 bits per heavy atom. The average molecular weight is 201 g/mol. The molecule has 3 nitrogen and oxygen atoms in total. The number of benzene rings is 2. The summed E-state index contributed by atoms with van der Waals surface area (Å²) >= 11 is 0. The Hall–Kier alpha value is -2.03. The molecule has 15 heavy (non-hydrogen) atoms. The van der Waals surface area contributed by atoms with E-state index < -0.39 is 0 Å². The number of fused-ring (bicyclic) bond motifs is 1. The molecule has 76 valence electrons. The molecule has 0 saturated heterocycles. The number of hydrogen-bond donors (Lipinski definition) is 1. The van der Waals surface area contributed by atoms with Gasteiger partial charge >= 0.3 is 0 Å². The number of aryl methyl sites for hydroxylation is 1. The summed E-state index contributed by atoms with van der Waals surface area (Å²) in [7, 11) is 0. The number of ether oxygens (including phenoxy) is 1. The van der Waals surface area contributed by atoms with Gasteiger partial charge in [-0.05, 0) is 29.8 Å². The van der Waals surface area contributed by atoms with Crippen molar-refractivity contribution in [3.63, 3.8) is 0 Å². The van der Waals surface area contributed by atoms with Crippen molar-refractivity contribution in [3.05, 3.63) is 35.9 Å². The van der Waals surface area contributed by atoms with Gasteiger partial charge in [-0.2, -0.15) is 0 Å². The molecule has 0 saturated carbocycles. The highest BCUT2D eigenvalue weighted by atomic mass is 16.5. The van der Waals surface area contributed by atoms with Crippen LogP contribution in [-0.2, 0) is 4.79 Å². The Balaban J connectivity index is 2.65. The van der Waals surface area contributed by atoms with Crippen molar-refractivity contribution in [1.29, 1.82) is 0 Å². The number of anilines is 1. The number of carbonyl (C=O) groups is 1. The molecule has 0 unspecified atom stereocenters. The number of rotatable bonds is 2. The lowest BCUT2D eigenvalue weighted by atomic mass is 10.1. The van der Waals surface area contributed by atoms with Gasteiger partial charge in [0.15, 0.2) is 5.75 Å². The van der Waals surface area contributed by atoms with Crippen LogP contribution in [0.15, 0.2) is 30.3 Å². The van der Waals surface area contributed by atoms with E-state index in [0.29, 0.717) is 17.9 Å². The van der Waals surface area contributed by atoms with E-state index in [2.05, 4.69) is 0 Å². The Labute approximate surface area is 87.5 Å². The summed E-state index contributed by atoms with van der Waals surface area (Å²) in [5, 5.41) is 2.05. The fourth-order valence-corrected chi connectivity index (χ4v) is 1.57. The van der Waals surface area contributed by atoms with Gasteiger partial charge in [0.2, 0.25) is 0 Å². The third-order valence-electron chi connectivity index (χ3n) is 2.30. The SMILES string of the molecule is Cc1ccc2cc(N)c(OC=O)cc2c1. The highest BCUT2D eigenvalue weighted by Crippen LogP contribution is 2.28. The summed E-state index contributed by atoms with van der Waals surface area (Å²) in [6.07, 6.45) is 0. The summed E-state index contributed by atoms with van der Waals surface area (Å²) in [5.41, 5.74) is 7.35. The first-order chi connectivity index (χ1) is 7.20. The third kappa shape index (κ3) is 1.76. The van der Waals surface area contributed by atoms with Gasteiger partial charge in [-0.25, -0.2) is 0 Å². The zero-order valence-corrected chi connectivity index (χ0v) is 8.36. The summed E-state index contributed by atoms with van der Waals surface area (Å²) < 4.78 is 4.78. The molecule has 0 radical (unpaired) electrons. The predicted molar refractivity (Wildman–Crippen MR) is 59.8 cm³/mol. The van der Waals surface area contributed by atoms with E-state index >= 15 is 0 Å². The zero-order valence-electron chi connectivity index (χ0n) is 8.36. The highest BCUT2D eigenvalue weighted by molar-refractivity contribution is 5.89. The molecule has 0 amide bonds. The van der Waals surface area contributed by atoms with Crippen LogP contribution in [0.3, 0.4) is 0 Å². The minimum Gasteiger partial charge on any atom is -0.427 e. The van der Waals surface area contributed by atoms with Gasteiger partial charge < -0.3 is 10.5 Å². The second-order valence-corrected chi connectivity index (χ2v) is 3.45. The first-order valence-corrected chi connectivity index (χ1v) is 4.61. The molecule has 0 heterocycles. The molecule has 0 spiro atoms. The van der Waals surface area contributed by atoms with E-state index in [0.717, 1.165) is 16.3 Å². The zero-order chi connectivity index (χ0) is 10.8. The van der Waals surface area contributed by atoms with Crippen molar-refractivity contribution in [2.45, 2.75) is 6.92 Å². The molecular weight excluding hydrogens is 190 g/mol. The van der Waals surface area contributed by atoms with Crippen molar-refractivity contribution in [3.8, 4) is 5.75 Å². The van der Waals surface area contributed by atoms with Crippen LogP contribution in [0.5, 0.6) is 5.75 Å². The maximum Gasteiger partial charge on any atom is 0.298 e. The highest BCUT2D eigenvalue weighted by Gasteiger charge is 2.03. The van der Waals surface area contributed by atoms with Crippen LogP contribution in [0.4, 0.5) is 5.69 Å². The Bertz CT molecular complexity index is 520. The molecule has 2 rings (SSSR count). The van der Waals surface area contributed by atoms with Crippen LogP contribution < -0.4 is 10.5 Å². The third-order valence-corrected chi connectivity index (χ3v) is 2.30. The van der Waals surface area contributed by atoms with Crippen molar-refractivity contribution < 1.29 is 9.53 Å². The van der Waals surface area contributed by atoms with E-state index in [9.17, 15) is 4.79 Å². The molecule has 0 aliphatic carbocycles. The Morgan fingerprint density at radius 3 is 2.73 bits per heavy atom. The van der Waals surface area contributed by atoms with Crippen molar-refractivity contribution >= 4 is 22.9 Å². The molecule has 0 atom stereocenters. The van der Waals surface area contributed by atoms with Crippen LogP contribution >= 0.6 is 0 Å². The molecule has 0 fully saturated rings. The van der Waals surface area contributed by atoms with E-state index in [1.807, 2.05) is 25.1 Å². The number of nitrogen functional groups attached to an aromatic ring is 1. The molecule has 0 aliphatic heterocycles. The van der Waals surface area contributed by atoms with E-state index in [1.54, 1.807) is 12.1 Å². The normalized spacial score (nSPS) is 10.2. The minimum atomic E-state index is 0.382. The Morgan fingerprint density at radius 2 is 2.00 bits per heavy atom. The van der Waals surface area contributed by atoms with Gasteiger partial charge in [-0.3, -0.25) is 4.79 Å².